The van der Waals surface area contributed by atoms with E-state index in [-0.39, 0.29) is 16.8 Å². The Morgan fingerprint density at radius 3 is 2.50 bits per heavy atom. The number of nitrogens with one attached hydrogen (secondary N) is 1. The maximum atomic E-state index is 16.9. The molecule has 3 saturated heterocycles. The van der Waals surface area contributed by atoms with Crippen LogP contribution in [0.15, 0.2) is 37.1 Å². The quantitative estimate of drug-likeness (QED) is 0.300. The van der Waals surface area contributed by atoms with Crippen molar-refractivity contribution in [3.63, 3.8) is 0 Å². The van der Waals surface area contributed by atoms with E-state index < -0.39 is 5.82 Å². The fourth-order valence-corrected chi connectivity index (χ4v) is 7.66. The Bertz CT molecular complexity index is 1760. The molecule has 3 aliphatic heterocycles. The van der Waals surface area contributed by atoms with Crippen LogP contribution in [0.25, 0.3) is 32.9 Å². The van der Waals surface area contributed by atoms with Crippen molar-refractivity contribution in [2.24, 2.45) is 5.41 Å². The average molecular weight is 617 g/mol. The van der Waals surface area contributed by atoms with E-state index in [1.807, 2.05) is 30.0 Å². The lowest BCUT2D eigenvalue weighted by Crippen LogP contribution is -2.61. The summed E-state index contributed by atoms with van der Waals surface area (Å²) in [7, 11) is 4.23. The molecule has 9 nitrogen and oxygen atoms in total. The van der Waals surface area contributed by atoms with Crippen LogP contribution in [0.4, 0.5) is 16.2 Å². The van der Waals surface area contributed by atoms with Gasteiger partial charge in [-0.05, 0) is 70.5 Å². The second-order valence-electron chi connectivity index (χ2n) is 12.9. The molecule has 7 rings (SSSR count). The second-order valence-corrected chi connectivity index (χ2v) is 13.4. The van der Waals surface area contributed by atoms with Crippen molar-refractivity contribution in [3.05, 3.63) is 53.5 Å². The standard InChI is InChI=1S/C33H38ClFN8O/c1-5-26(44)43-18-33(19-43)10-14-41(15-11-33)31-22-16-24(34)28(27-20(2)6-7-25-23(27)17-36-39-25)29(35)30(22)37-32(38-31)42-12-8-21(9-13-42)40(3)4/h5-7,16-17,21H,1,8-15,18-19H2,2-4H3,(H,36,39). The minimum atomic E-state index is -0.441. The Kier molecular flexibility index (Phi) is 7.24. The zero-order valence-electron chi connectivity index (χ0n) is 25.5. The number of piperidine rings is 2. The molecule has 0 radical (unpaired) electrons. The maximum absolute atomic E-state index is 16.9. The number of hydrogen-bond donors (Lipinski definition) is 1. The lowest BCUT2D eigenvalue weighted by atomic mass is 9.72. The van der Waals surface area contributed by atoms with E-state index in [0.717, 1.165) is 92.8 Å². The first-order chi connectivity index (χ1) is 21.2. The van der Waals surface area contributed by atoms with Gasteiger partial charge in [-0.3, -0.25) is 9.89 Å². The molecule has 3 aliphatic rings. The number of likely N-dealkylation sites (tertiary alicyclic amines) is 1. The van der Waals surface area contributed by atoms with E-state index in [1.54, 1.807) is 6.20 Å². The molecule has 2 aromatic carbocycles. The molecule has 230 valence electrons. The molecule has 1 spiro atoms. The first-order valence-corrected chi connectivity index (χ1v) is 15.8. The van der Waals surface area contributed by atoms with Crippen LogP contribution in [0.1, 0.15) is 31.2 Å². The van der Waals surface area contributed by atoms with Crippen molar-refractivity contribution in [1.82, 2.24) is 30.0 Å². The zero-order valence-corrected chi connectivity index (χ0v) is 26.3. The highest BCUT2D eigenvalue weighted by molar-refractivity contribution is 6.35. The van der Waals surface area contributed by atoms with Crippen molar-refractivity contribution in [2.45, 2.75) is 38.6 Å². The number of fused-ring (bicyclic) bond motifs is 2. The number of carbonyl (C=O) groups excluding carboxylic acids is 1. The largest absolute Gasteiger partial charge is 0.356 e. The maximum Gasteiger partial charge on any atom is 0.245 e. The van der Waals surface area contributed by atoms with E-state index >= 15 is 4.39 Å². The molecule has 0 unspecified atom stereocenters. The normalized spacial score (nSPS) is 18.9. The molecular weight excluding hydrogens is 579 g/mol. The Balaban J connectivity index is 1.30. The number of aromatic nitrogens is 4. The number of nitrogens with zero attached hydrogens (tertiary/aromatic N) is 7. The van der Waals surface area contributed by atoms with E-state index in [9.17, 15) is 4.79 Å². The Hall–Kier alpha value is -3.76. The fraction of sp³-hybridized carbons (Fsp3) is 0.455. The molecular formula is C33H38ClFN8O. The molecule has 0 aliphatic carbocycles. The molecule has 0 saturated carbocycles. The molecule has 0 atom stereocenters. The molecule has 11 heteroatoms. The number of carbonyl (C=O) groups is 1. The van der Waals surface area contributed by atoms with Gasteiger partial charge in [0.25, 0.3) is 0 Å². The van der Waals surface area contributed by atoms with E-state index in [4.69, 9.17) is 21.6 Å². The second kappa shape index (κ2) is 11.0. The number of halogens is 2. The van der Waals surface area contributed by atoms with Gasteiger partial charge in [-0.25, -0.2) is 9.37 Å². The number of H-pyrrole nitrogens is 1. The van der Waals surface area contributed by atoms with Crippen LogP contribution in [0.5, 0.6) is 0 Å². The predicted octanol–water partition coefficient (Wildman–Crippen LogP) is 5.42. The summed E-state index contributed by atoms with van der Waals surface area (Å²) in [6, 6.07) is 6.24. The number of benzene rings is 2. The van der Waals surface area contributed by atoms with Gasteiger partial charge in [-0.15, -0.1) is 0 Å². The van der Waals surface area contributed by atoms with E-state index in [0.29, 0.717) is 28.0 Å². The van der Waals surface area contributed by atoms with Crippen LogP contribution >= 0.6 is 11.6 Å². The smallest absolute Gasteiger partial charge is 0.245 e. The van der Waals surface area contributed by atoms with Gasteiger partial charge in [0.05, 0.1) is 16.7 Å². The van der Waals surface area contributed by atoms with Gasteiger partial charge in [0.1, 0.15) is 11.3 Å². The fourth-order valence-electron chi connectivity index (χ4n) is 7.38. The lowest BCUT2D eigenvalue weighted by Gasteiger charge is -2.54. The monoisotopic (exact) mass is 616 g/mol. The number of hydrogen-bond acceptors (Lipinski definition) is 7. The summed E-state index contributed by atoms with van der Waals surface area (Å²) >= 11 is 6.96. The number of anilines is 2. The number of amides is 1. The predicted molar refractivity (Wildman–Crippen MR) is 174 cm³/mol. The van der Waals surface area contributed by atoms with Crippen LogP contribution in [0.2, 0.25) is 5.02 Å². The summed E-state index contributed by atoms with van der Waals surface area (Å²) in [5.41, 5.74) is 3.19. The summed E-state index contributed by atoms with van der Waals surface area (Å²) in [6.45, 7) is 10.2. The topological polar surface area (TPSA) is 84.5 Å². The number of aryl methyl sites for hydroxylation is 1. The van der Waals surface area contributed by atoms with Crippen molar-refractivity contribution >= 4 is 51.1 Å². The highest BCUT2D eigenvalue weighted by atomic mass is 35.5. The molecule has 5 heterocycles. The lowest BCUT2D eigenvalue weighted by molar-refractivity contribution is -0.139. The minimum absolute atomic E-state index is 0.00945. The van der Waals surface area contributed by atoms with E-state index in [1.165, 1.54) is 6.08 Å². The van der Waals surface area contributed by atoms with Crippen LogP contribution < -0.4 is 9.80 Å². The summed E-state index contributed by atoms with van der Waals surface area (Å²) in [5, 5.41) is 8.95. The Morgan fingerprint density at radius 1 is 1.09 bits per heavy atom. The number of aromatic amines is 1. The minimum Gasteiger partial charge on any atom is -0.356 e. The first-order valence-electron chi connectivity index (χ1n) is 15.4. The van der Waals surface area contributed by atoms with E-state index in [2.05, 4.69) is 45.6 Å². The molecule has 1 amide bonds. The van der Waals surface area contributed by atoms with Gasteiger partial charge in [0.15, 0.2) is 5.82 Å². The van der Waals surface area contributed by atoms with Crippen LogP contribution in [0, 0.1) is 18.2 Å². The molecule has 3 fully saturated rings. The molecule has 2 aromatic heterocycles. The first kappa shape index (κ1) is 29.0. The summed E-state index contributed by atoms with van der Waals surface area (Å²) in [6.07, 6.45) is 6.95. The Labute approximate surface area is 261 Å². The summed E-state index contributed by atoms with van der Waals surface area (Å²) < 4.78 is 16.9. The van der Waals surface area contributed by atoms with Crippen LogP contribution in [-0.4, -0.2) is 95.3 Å². The Morgan fingerprint density at radius 2 is 1.82 bits per heavy atom. The highest BCUT2D eigenvalue weighted by Gasteiger charge is 2.46. The number of rotatable bonds is 5. The van der Waals surface area contributed by atoms with Gasteiger partial charge < -0.3 is 19.6 Å². The van der Waals surface area contributed by atoms with Crippen molar-refractivity contribution < 1.29 is 9.18 Å². The molecule has 44 heavy (non-hydrogen) atoms. The van der Waals surface area contributed by atoms with Crippen LogP contribution in [0.3, 0.4) is 0 Å². The summed E-state index contributed by atoms with van der Waals surface area (Å²) in [5.74, 6) is 0.827. The van der Waals surface area contributed by atoms with Crippen molar-refractivity contribution in [2.75, 3.05) is 63.2 Å². The van der Waals surface area contributed by atoms with Gasteiger partial charge in [-0.2, -0.15) is 10.1 Å². The van der Waals surface area contributed by atoms with Gasteiger partial charge >= 0.3 is 0 Å². The van der Waals surface area contributed by atoms with Crippen LogP contribution in [-0.2, 0) is 4.79 Å². The SMILES string of the molecule is C=CC(=O)N1CC2(CCN(c3nc(N4CCC(N(C)C)CC4)nc4c(F)c(-c5c(C)ccc6[nH]ncc56)c(Cl)cc34)CC2)C1. The third kappa shape index (κ3) is 4.79. The van der Waals surface area contributed by atoms with Crippen molar-refractivity contribution in [1.29, 1.82) is 0 Å². The highest BCUT2D eigenvalue weighted by Crippen LogP contribution is 2.45. The van der Waals surface area contributed by atoms with Crippen molar-refractivity contribution in [3.8, 4) is 11.1 Å². The third-order valence-corrected chi connectivity index (χ3v) is 10.4. The molecule has 0 bridgehead atoms. The average Bonchev–Trinajstić information content (AvgIpc) is 3.49. The third-order valence-electron chi connectivity index (χ3n) is 10.1. The van der Waals surface area contributed by atoms with Gasteiger partial charge in [0.2, 0.25) is 11.9 Å². The molecule has 1 N–H and O–H groups in total. The van der Waals surface area contributed by atoms with Gasteiger partial charge in [0, 0.05) is 72.6 Å². The molecule has 4 aromatic rings. The zero-order chi connectivity index (χ0) is 30.7. The summed E-state index contributed by atoms with van der Waals surface area (Å²) in [4.78, 5) is 30.7. The van der Waals surface area contributed by atoms with Gasteiger partial charge in [-0.1, -0.05) is 24.2 Å².